The smallest absolute Gasteiger partial charge is 0.416 e. The molecule has 9 heteroatoms. The van der Waals surface area contributed by atoms with Crippen molar-refractivity contribution in [2.75, 3.05) is 24.1 Å². The van der Waals surface area contributed by atoms with Gasteiger partial charge in [-0.1, -0.05) is 18.2 Å². The lowest BCUT2D eigenvalue weighted by Gasteiger charge is -2.23. The first-order valence-electron chi connectivity index (χ1n) is 8.76. The van der Waals surface area contributed by atoms with E-state index >= 15 is 0 Å². The number of anilines is 1. The zero-order valence-corrected chi connectivity index (χ0v) is 16.3. The van der Waals surface area contributed by atoms with Crippen LogP contribution in [0.3, 0.4) is 0 Å². The van der Waals surface area contributed by atoms with Crippen molar-refractivity contribution in [2.24, 2.45) is 0 Å². The summed E-state index contributed by atoms with van der Waals surface area (Å²) >= 11 is 1.43. The van der Waals surface area contributed by atoms with Crippen LogP contribution in [0.1, 0.15) is 11.1 Å². The molecular formula is C20H19F3N2O3S. The highest BCUT2D eigenvalue weighted by atomic mass is 32.2. The Bertz CT molecular complexity index is 887. The molecule has 0 aromatic heterocycles. The number of thioether (sulfide) groups is 1. The Kier molecular flexibility index (Phi) is 6.36. The molecule has 1 fully saturated rings. The molecule has 0 saturated carbocycles. The molecule has 1 heterocycles. The Labute approximate surface area is 170 Å². The summed E-state index contributed by atoms with van der Waals surface area (Å²) in [4.78, 5) is 26.7. The maximum atomic E-state index is 12.9. The van der Waals surface area contributed by atoms with Crippen LogP contribution in [0.2, 0.25) is 0 Å². The molecule has 1 atom stereocenters. The van der Waals surface area contributed by atoms with Crippen molar-refractivity contribution >= 4 is 29.3 Å². The Morgan fingerprint density at radius 3 is 2.59 bits per heavy atom. The number of ether oxygens (including phenoxy) is 1. The molecule has 0 aliphatic carbocycles. The van der Waals surface area contributed by atoms with Crippen molar-refractivity contribution in [3.8, 4) is 5.75 Å². The minimum atomic E-state index is -4.47. The van der Waals surface area contributed by atoms with Gasteiger partial charge in [0.15, 0.2) is 0 Å². The standard InChI is InChI=1S/C20H19F3N2O3S/c1-28-16-7-5-15(6-8-16)24-19(27)17-11-29-12-25(17)18(26)10-13-3-2-4-14(9-13)20(21,22)23/h2-9,17H,10-12H2,1H3,(H,24,27). The number of amides is 2. The summed E-state index contributed by atoms with van der Waals surface area (Å²) in [5, 5.41) is 2.76. The van der Waals surface area contributed by atoms with E-state index in [1.807, 2.05) is 0 Å². The zero-order valence-electron chi connectivity index (χ0n) is 15.5. The summed E-state index contributed by atoms with van der Waals surface area (Å²) in [5.74, 6) is 0.675. The number of alkyl halides is 3. The van der Waals surface area contributed by atoms with Crippen LogP contribution in [0, 0.1) is 0 Å². The van der Waals surface area contributed by atoms with Crippen molar-refractivity contribution < 1.29 is 27.5 Å². The summed E-state index contributed by atoms with van der Waals surface area (Å²) in [6, 6.07) is 10.8. The predicted octanol–water partition coefficient (Wildman–Crippen LogP) is 3.80. The van der Waals surface area contributed by atoms with Gasteiger partial charge in [-0.2, -0.15) is 13.2 Å². The molecule has 2 aromatic rings. The lowest BCUT2D eigenvalue weighted by molar-refractivity contribution is -0.138. The molecule has 0 radical (unpaired) electrons. The van der Waals surface area contributed by atoms with Gasteiger partial charge >= 0.3 is 6.18 Å². The molecule has 2 amide bonds. The van der Waals surface area contributed by atoms with E-state index in [4.69, 9.17) is 4.74 Å². The number of benzene rings is 2. The quantitative estimate of drug-likeness (QED) is 0.794. The van der Waals surface area contributed by atoms with Crippen LogP contribution in [0.25, 0.3) is 0 Å². The second kappa shape index (κ2) is 8.77. The zero-order chi connectivity index (χ0) is 21.0. The van der Waals surface area contributed by atoms with Crippen molar-refractivity contribution in [3.63, 3.8) is 0 Å². The topological polar surface area (TPSA) is 58.6 Å². The first-order valence-corrected chi connectivity index (χ1v) is 9.91. The normalized spacial score (nSPS) is 16.6. The third kappa shape index (κ3) is 5.23. The monoisotopic (exact) mass is 424 g/mol. The number of methoxy groups -OCH3 is 1. The molecule has 29 heavy (non-hydrogen) atoms. The fourth-order valence-corrected chi connectivity index (χ4v) is 4.12. The maximum absolute atomic E-state index is 12.9. The molecule has 1 unspecified atom stereocenters. The Morgan fingerprint density at radius 1 is 1.21 bits per heavy atom. The predicted molar refractivity (Wildman–Crippen MR) is 105 cm³/mol. The van der Waals surface area contributed by atoms with Crippen LogP contribution in [-0.2, 0) is 22.2 Å². The second-order valence-corrected chi connectivity index (χ2v) is 7.47. The van der Waals surface area contributed by atoms with E-state index in [0.29, 0.717) is 23.1 Å². The third-order valence-corrected chi connectivity index (χ3v) is 5.48. The minimum absolute atomic E-state index is 0.198. The van der Waals surface area contributed by atoms with Crippen molar-refractivity contribution in [2.45, 2.75) is 18.6 Å². The van der Waals surface area contributed by atoms with Crippen LogP contribution < -0.4 is 10.1 Å². The molecule has 154 valence electrons. The summed E-state index contributed by atoms with van der Waals surface area (Å²) in [6.07, 6.45) is -4.67. The van der Waals surface area contributed by atoms with Crippen LogP contribution in [0.15, 0.2) is 48.5 Å². The molecule has 3 rings (SSSR count). The van der Waals surface area contributed by atoms with Gasteiger partial charge in [-0.05, 0) is 35.9 Å². The molecule has 0 bridgehead atoms. The number of nitrogens with zero attached hydrogens (tertiary/aromatic N) is 1. The van der Waals surface area contributed by atoms with Gasteiger partial charge in [0.25, 0.3) is 0 Å². The average Bonchev–Trinajstić information content (AvgIpc) is 3.18. The SMILES string of the molecule is COc1ccc(NC(=O)C2CSCN2C(=O)Cc2cccc(C(F)(F)F)c2)cc1. The molecule has 0 spiro atoms. The van der Waals surface area contributed by atoms with E-state index in [2.05, 4.69) is 5.32 Å². The highest BCUT2D eigenvalue weighted by Crippen LogP contribution is 2.30. The van der Waals surface area contributed by atoms with Crippen molar-refractivity contribution in [3.05, 3.63) is 59.7 Å². The minimum Gasteiger partial charge on any atom is -0.497 e. The molecule has 1 saturated heterocycles. The maximum Gasteiger partial charge on any atom is 0.416 e. The van der Waals surface area contributed by atoms with Crippen LogP contribution in [0.5, 0.6) is 5.75 Å². The van der Waals surface area contributed by atoms with Crippen LogP contribution in [-0.4, -0.2) is 41.5 Å². The van der Waals surface area contributed by atoms with Crippen LogP contribution >= 0.6 is 11.8 Å². The highest BCUT2D eigenvalue weighted by Gasteiger charge is 2.35. The van der Waals surface area contributed by atoms with Gasteiger partial charge in [-0.15, -0.1) is 11.8 Å². The number of rotatable bonds is 5. The number of nitrogens with one attached hydrogen (secondary N) is 1. The average molecular weight is 424 g/mol. The van der Waals surface area contributed by atoms with Gasteiger partial charge in [0, 0.05) is 11.4 Å². The van der Waals surface area contributed by atoms with Gasteiger partial charge in [0.05, 0.1) is 25.0 Å². The van der Waals surface area contributed by atoms with E-state index in [1.54, 1.807) is 24.3 Å². The van der Waals surface area contributed by atoms with Gasteiger partial charge in [-0.25, -0.2) is 0 Å². The van der Waals surface area contributed by atoms with Crippen molar-refractivity contribution in [1.82, 2.24) is 4.90 Å². The highest BCUT2D eigenvalue weighted by molar-refractivity contribution is 7.99. The Balaban J connectivity index is 1.66. The third-order valence-electron chi connectivity index (χ3n) is 4.47. The molecule has 1 aliphatic rings. The number of carbonyl (C=O) groups excluding carboxylic acids is 2. The lowest BCUT2D eigenvalue weighted by Crippen LogP contribution is -2.45. The summed E-state index contributed by atoms with van der Waals surface area (Å²) in [5.41, 5.74) is 0.0291. The molecule has 5 nitrogen and oxygen atoms in total. The van der Waals surface area contributed by atoms with E-state index < -0.39 is 17.8 Å². The fourth-order valence-electron chi connectivity index (χ4n) is 2.94. The van der Waals surface area contributed by atoms with Crippen LogP contribution in [0.4, 0.5) is 18.9 Å². The summed E-state index contributed by atoms with van der Waals surface area (Å²) in [7, 11) is 1.54. The van der Waals surface area contributed by atoms with E-state index in [9.17, 15) is 22.8 Å². The van der Waals surface area contributed by atoms with Gasteiger partial charge < -0.3 is 15.0 Å². The van der Waals surface area contributed by atoms with Gasteiger partial charge in [0.1, 0.15) is 11.8 Å². The summed E-state index contributed by atoms with van der Waals surface area (Å²) < 4.78 is 43.7. The molecule has 1 aliphatic heterocycles. The van der Waals surface area contributed by atoms with Gasteiger partial charge in [0.2, 0.25) is 11.8 Å². The molecular weight excluding hydrogens is 405 g/mol. The first kappa shape index (κ1) is 21.0. The Hall–Kier alpha value is -2.68. The lowest BCUT2D eigenvalue weighted by atomic mass is 10.1. The van der Waals surface area contributed by atoms with E-state index in [-0.39, 0.29) is 23.8 Å². The first-order chi connectivity index (χ1) is 13.8. The fraction of sp³-hybridized carbons (Fsp3) is 0.300. The molecule has 1 N–H and O–H groups in total. The number of carbonyl (C=O) groups is 2. The van der Waals surface area contributed by atoms with Gasteiger partial charge in [-0.3, -0.25) is 9.59 Å². The Morgan fingerprint density at radius 2 is 1.93 bits per heavy atom. The number of hydrogen-bond donors (Lipinski definition) is 1. The second-order valence-electron chi connectivity index (χ2n) is 6.47. The van der Waals surface area contributed by atoms with Crippen molar-refractivity contribution in [1.29, 1.82) is 0 Å². The summed E-state index contributed by atoms with van der Waals surface area (Å²) in [6.45, 7) is 0. The molecule has 2 aromatic carbocycles. The van der Waals surface area contributed by atoms with E-state index in [1.165, 1.54) is 35.9 Å². The van der Waals surface area contributed by atoms with E-state index in [0.717, 1.165) is 12.1 Å². The number of hydrogen-bond acceptors (Lipinski definition) is 4. The number of halogens is 3. The largest absolute Gasteiger partial charge is 0.497 e.